The molecule has 2 aromatic heterocycles. The minimum atomic E-state index is 0.638. The summed E-state index contributed by atoms with van der Waals surface area (Å²) in [5, 5.41) is 3.22. The van der Waals surface area contributed by atoms with Gasteiger partial charge in [-0.25, -0.2) is 0 Å². The predicted octanol–water partition coefficient (Wildman–Crippen LogP) is 3.30. The van der Waals surface area contributed by atoms with E-state index in [9.17, 15) is 0 Å². The number of fused-ring (bicyclic) bond motifs is 1. The molecule has 2 heterocycles. The van der Waals surface area contributed by atoms with Crippen LogP contribution in [-0.2, 0) is 4.74 Å². The Labute approximate surface area is 86.9 Å². The van der Waals surface area contributed by atoms with E-state index in [0.29, 0.717) is 12.4 Å². The number of pyridine rings is 1. The summed E-state index contributed by atoms with van der Waals surface area (Å²) in [5.41, 5.74) is 0.991. The molecule has 0 unspecified atom stereocenters. The molecule has 0 bridgehead atoms. The molecule has 3 heteroatoms. The second kappa shape index (κ2) is 3.80. The summed E-state index contributed by atoms with van der Waals surface area (Å²) in [7, 11) is 0. The van der Waals surface area contributed by atoms with Gasteiger partial charge in [0.25, 0.3) is 0 Å². The molecule has 0 N–H and O–H groups in total. The average Bonchev–Trinajstić information content (AvgIpc) is 2.65. The van der Waals surface area contributed by atoms with Gasteiger partial charge in [0.15, 0.2) is 0 Å². The molecular formula is C11H11NOS. The number of hydrogen-bond acceptors (Lipinski definition) is 3. The molecule has 0 radical (unpaired) electrons. The second-order valence-electron chi connectivity index (χ2n) is 2.88. The van der Waals surface area contributed by atoms with Crippen LogP contribution in [0.5, 0.6) is 0 Å². The van der Waals surface area contributed by atoms with Crippen molar-refractivity contribution in [3.05, 3.63) is 36.0 Å². The molecule has 0 spiro atoms. The Morgan fingerprint density at radius 3 is 3.21 bits per heavy atom. The van der Waals surface area contributed by atoms with Crippen LogP contribution in [0.25, 0.3) is 15.8 Å². The minimum absolute atomic E-state index is 0.638. The van der Waals surface area contributed by atoms with E-state index in [1.165, 1.54) is 10.1 Å². The zero-order chi connectivity index (χ0) is 9.97. The van der Waals surface area contributed by atoms with Gasteiger partial charge in [-0.15, -0.1) is 11.3 Å². The summed E-state index contributed by atoms with van der Waals surface area (Å²) in [6, 6.07) is 2.07. The largest absolute Gasteiger partial charge is 0.494 e. The van der Waals surface area contributed by atoms with Crippen molar-refractivity contribution in [3.8, 4) is 0 Å². The average molecular weight is 205 g/mol. The molecule has 2 nitrogen and oxygen atoms in total. The number of rotatable bonds is 3. The zero-order valence-corrected chi connectivity index (χ0v) is 8.80. The standard InChI is InChI=1S/C11H11NOS/c1-3-13-8(2)10-6-12-7-11-9(10)4-5-14-11/h4-7H,2-3H2,1H3. The van der Waals surface area contributed by atoms with Crippen molar-refractivity contribution >= 4 is 27.2 Å². The predicted molar refractivity (Wildman–Crippen MR) is 60.3 cm³/mol. The van der Waals surface area contributed by atoms with Crippen LogP contribution in [0.1, 0.15) is 12.5 Å². The number of ether oxygens (including phenoxy) is 1. The van der Waals surface area contributed by atoms with E-state index in [4.69, 9.17) is 4.74 Å². The first-order valence-electron chi connectivity index (χ1n) is 4.46. The fourth-order valence-electron chi connectivity index (χ4n) is 1.37. The van der Waals surface area contributed by atoms with Crippen molar-refractivity contribution in [2.45, 2.75) is 6.92 Å². The minimum Gasteiger partial charge on any atom is -0.494 e. The van der Waals surface area contributed by atoms with Gasteiger partial charge >= 0.3 is 0 Å². The van der Waals surface area contributed by atoms with E-state index in [1.807, 2.05) is 13.1 Å². The maximum atomic E-state index is 5.38. The summed E-state index contributed by atoms with van der Waals surface area (Å²) >= 11 is 1.68. The summed E-state index contributed by atoms with van der Waals surface area (Å²) in [5.74, 6) is 0.698. The SMILES string of the molecule is C=C(OCC)c1cncc2sccc12. The van der Waals surface area contributed by atoms with E-state index in [0.717, 1.165) is 5.56 Å². The van der Waals surface area contributed by atoms with E-state index in [-0.39, 0.29) is 0 Å². The highest BCUT2D eigenvalue weighted by molar-refractivity contribution is 7.17. The van der Waals surface area contributed by atoms with Crippen molar-refractivity contribution in [1.29, 1.82) is 0 Å². The van der Waals surface area contributed by atoms with Gasteiger partial charge in [-0.2, -0.15) is 0 Å². The molecule has 0 atom stereocenters. The number of aromatic nitrogens is 1. The molecule has 14 heavy (non-hydrogen) atoms. The molecule has 0 fully saturated rings. The van der Waals surface area contributed by atoms with Crippen LogP contribution in [0.3, 0.4) is 0 Å². The van der Waals surface area contributed by atoms with Crippen LogP contribution in [0, 0.1) is 0 Å². The number of thiophene rings is 1. The molecular weight excluding hydrogens is 194 g/mol. The van der Waals surface area contributed by atoms with Gasteiger partial charge in [-0.3, -0.25) is 4.98 Å². The van der Waals surface area contributed by atoms with Gasteiger partial charge in [0.05, 0.1) is 11.3 Å². The Balaban J connectivity index is 2.50. The van der Waals surface area contributed by atoms with Crippen LogP contribution < -0.4 is 0 Å². The highest BCUT2D eigenvalue weighted by Gasteiger charge is 2.06. The van der Waals surface area contributed by atoms with Crippen molar-refractivity contribution < 1.29 is 4.74 Å². The van der Waals surface area contributed by atoms with Gasteiger partial charge in [-0.1, -0.05) is 6.58 Å². The smallest absolute Gasteiger partial charge is 0.121 e. The molecule has 0 aromatic carbocycles. The molecule has 0 saturated carbocycles. The molecule has 0 aliphatic rings. The Bertz CT molecular complexity index is 461. The summed E-state index contributed by atoms with van der Waals surface area (Å²) in [4.78, 5) is 4.16. The fourth-order valence-corrected chi connectivity index (χ4v) is 2.14. The Morgan fingerprint density at radius 2 is 2.43 bits per heavy atom. The third-order valence-corrected chi connectivity index (χ3v) is 2.85. The topological polar surface area (TPSA) is 22.1 Å². The second-order valence-corrected chi connectivity index (χ2v) is 3.82. The highest BCUT2D eigenvalue weighted by atomic mass is 32.1. The highest BCUT2D eigenvalue weighted by Crippen LogP contribution is 2.27. The maximum Gasteiger partial charge on any atom is 0.121 e. The monoisotopic (exact) mass is 205 g/mol. The number of hydrogen-bond donors (Lipinski definition) is 0. The summed E-state index contributed by atoms with van der Waals surface area (Å²) in [6.07, 6.45) is 3.66. The van der Waals surface area contributed by atoms with E-state index in [2.05, 4.69) is 23.0 Å². The molecule has 0 aliphatic carbocycles. The Morgan fingerprint density at radius 1 is 1.57 bits per heavy atom. The van der Waals surface area contributed by atoms with Gasteiger partial charge in [0.2, 0.25) is 0 Å². The normalized spacial score (nSPS) is 10.4. The van der Waals surface area contributed by atoms with Gasteiger partial charge in [-0.05, 0) is 18.4 Å². The van der Waals surface area contributed by atoms with Crippen molar-refractivity contribution in [3.63, 3.8) is 0 Å². The third-order valence-electron chi connectivity index (χ3n) is 2.00. The van der Waals surface area contributed by atoms with Gasteiger partial charge in [0.1, 0.15) is 5.76 Å². The van der Waals surface area contributed by atoms with Crippen molar-refractivity contribution in [1.82, 2.24) is 4.98 Å². The Hall–Kier alpha value is -1.35. The first kappa shape index (κ1) is 9.21. The third kappa shape index (κ3) is 1.51. The molecule has 2 rings (SSSR count). The lowest BCUT2D eigenvalue weighted by Crippen LogP contribution is -1.91. The van der Waals surface area contributed by atoms with Gasteiger partial charge in [0, 0.05) is 23.3 Å². The number of nitrogens with zero attached hydrogens (tertiary/aromatic N) is 1. The lowest BCUT2D eigenvalue weighted by molar-refractivity contribution is 0.299. The Kier molecular flexibility index (Phi) is 2.50. The molecule has 0 amide bonds. The lowest BCUT2D eigenvalue weighted by Gasteiger charge is -2.07. The lowest BCUT2D eigenvalue weighted by atomic mass is 10.2. The quantitative estimate of drug-likeness (QED) is 0.717. The molecule has 0 saturated heterocycles. The molecule has 2 aromatic rings. The molecule has 72 valence electrons. The summed E-state index contributed by atoms with van der Waals surface area (Å²) < 4.78 is 6.55. The maximum absolute atomic E-state index is 5.38. The van der Waals surface area contributed by atoms with Crippen LogP contribution >= 0.6 is 11.3 Å². The van der Waals surface area contributed by atoms with E-state index < -0.39 is 0 Å². The van der Waals surface area contributed by atoms with Crippen LogP contribution in [0.15, 0.2) is 30.4 Å². The molecule has 0 aliphatic heterocycles. The van der Waals surface area contributed by atoms with E-state index >= 15 is 0 Å². The van der Waals surface area contributed by atoms with Crippen LogP contribution in [-0.4, -0.2) is 11.6 Å². The van der Waals surface area contributed by atoms with Crippen molar-refractivity contribution in [2.75, 3.05) is 6.61 Å². The van der Waals surface area contributed by atoms with E-state index in [1.54, 1.807) is 17.5 Å². The van der Waals surface area contributed by atoms with Crippen LogP contribution in [0.4, 0.5) is 0 Å². The first-order chi connectivity index (χ1) is 6.83. The fraction of sp³-hybridized carbons (Fsp3) is 0.182. The summed E-state index contributed by atoms with van der Waals surface area (Å²) in [6.45, 7) is 6.48. The van der Waals surface area contributed by atoms with Crippen molar-refractivity contribution in [2.24, 2.45) is 0 Å². The first-order valence-corrected chi connectivity index (χ1v) is 5.34. The zero-order valence-electron chi connectivity index (χ0n) is 7.99. The van der Waals surface area contributed by atoms with Gasteiger partial charge < -0.3 is 4.74 Å². The van der Waals surface area contributed by atoms with Crippen LogP contribution in [0.2, 0.25) is 0 Å².